The first-order valence-electron chi connectivity index (χ1n) is 5.65. The maximum absolute atomic E-state index is 2.65. The van der Waals surface area contributed by atoms with Crippen molar-refractivity contribution in [3.8, 4) is 0 Å². The average Bonchev–Trinajstić information content (AvgIpc) is 2.28. The van der Waals surface area contributed by atoms with Crippen LogP contribution in [0.25, 0.3) is 0 Å². The number of rotatable bonds is 3. The zero-order chi connectivity index (χ0) is 10.1. The molecule has 0 aliphatic carbocycles. The molecule has 1 nitrogen and oxygen atoms in total. The molecule has 0 spiro atoms. The van der Waals surface area contributed by atoms with E-state index < -0.39 is 0 Å². The highest BCUT2D eigenvalue weighted by Crippen LogP contribution is 2.31. The van der Waals surface area contributed by atoms with E-state index in [0.717, 1.165) is 12.0 Å². The van der Waals surface area contributed by atoms with E-state index in [-0.39, 0.29) is 0 Å². The number of nitrogens with zero attached hydrogens (tertiary/aromatic N) is 1. The second kappa shape index (κ2) is 4.00. The summed E-state index contributed by atoms with van der Waals surface area (Å²) in [5, 5.41) is 0. The van der Waals surface area contributed by atoms with E-state index in [4.69, 9.17) is 0 Å². The van der Waals surface area contributed by atoms with Crippen molar-refractivity contribution < 1.29 is 0 Å². The summed E-state index contributed by atoms with van der Waals surface area (Å²) in [4.78, 5) is 2.65. The molecule has 1 rings (SSSR count). The molecule has 0 saturated carbocycles. The molecule has 1 heteroatoms. The Balaban J connectivity index is 2.37. The first-order valence-corrected chi connectivity index (χ1v) is 5.65. The summed E-state index contributed by atoms with van der Waals surface area (Å²) >= 11 is 0. The summed E-state index contributed by atoms with van der Waals surface area (Å²) in [7, 11) is 0. The molecule has 78 valence electrons. The van der Waals surface area contributed by atoms with E-state index in [9.17, 15) is 0 Å². The second-order valence-corrected chi connectivity index (χ2v) is 5.86. The molecule has 1 fully saturated rings. The summed E-state index contributed by atoms with van der Waals surface area (Å²) < 4.78 is 0. The van der Waals surface area contributed by atoms with Crippen molar-refractivity contribution in [1.82, 2.24) is 4.90 Å². The van der Waals surface area contributed by atoms with Gasteiger partial charge in [0, 0.05) is 12.6 Å². The Kier molecular flexibility index (Phi) is 3.39. The second-order valence-electron chi connectivity index (χ2n) is 5.86. The van der Waals surface area contributed by atoms with Crippen molar-refractivity contribution in [2.24, 2.45) is 11.3 Å². The van der Waals surface area contributed by atoms with Crippen LogP contribution in [0.15, 0.2) is 0 Å². The summed E-state index contributed by atoms with van der Waals surface area (Å²) in [6.07, 6.45) is 2.71. The van der Waals surface area contributed by atoms with Gasteiger partial charge in [-0.05, 0) is 37.6 Å². The Labute approximate surface area is 83.5 Å². The molecule has 1 heterocycles. The van der Waals surface area contributed by atoms with Crippen molar-refractivity contribution in [2.45, 2.75) is 53.5 Å². The molecule has 0 aromatic heterocycles. The molecule has 0 N–H and O–H groups in total. The molecular weight excluding hydrogens is 158 g/mol. The van der Waals surface area contributed by atoms with E-state index >= 15 is 0 Å². The standard InChI is InChI=1S/C12H25N/c1-10(2)8-11(3)13-7-6-12(4,5)9-13/h10-11H,6-9H2,1-5H3. The lowest BCUT2D eigenvalue weighted by atomic mass is 9.93. The predicted molar refractivity (Wildman–Crippen MR) is 58.9 cm³/mol. The molecule has 0 amide bonds. The lowest BCUT2D eigenvalue weighted by Crippen LogP contribution is -2.33. The Morgan fingerprint density at radius 1 is 1.23 bits per heavy atom. The normalized spacial score (nSPS) is 25.4. The van der Waals surface area contributed by atoms with Crippen LogP contribution in [0.5, 0.6) is 0 Å². The highest BCUT2D eigenvalue weighted by Gasteiger charge is 2.31. The minimum Gasteiger partial charge on any atom is -0.300 e. The van der Waals surface area contributed by atoms with Crippen molar-refractivity contribution in [2.75, 3.05) is 13.1 Å². The van der Waals surface area contributed by atoms with Crippen molar-refractivity contribution in [3.63, 3.8) is 0 Å². The molecule has 0 aromatic rings. The van der Waals surface area contributed by atoms with Gasteiger partial charge >= 0.3 is 0 Å². The maximum Gasteiger partial charge on any atom is 0.00695 e. The molecule has 0 aromatic carbocycles. The van der Waals surface area contributed by atoms with Gasteiger partial charge in [-0.3, -0.25) is 0 Å². The fraction of sp³-hybridized carbons (Fsp3) is 1.00. The van der Waals surface area contributed by atoms with Crippen LogP contribution in [0.1, 0.15) is 47.5 Å². The zero-order valence-electron chi connectivity index (χ0n) is 9.93. The first kappa shape index (κ1) is 11.0. The van der Waals surface area contributed by atoms with Gasteiger partial charge in [-0.15, -0.1) is 0 Å². The Hall–Kier alpha value is -0.0400. The summed E-state index contributed by atoms with van der Waals surface area (Å²) in [5.41, 5.74) is 0.561. The van der Waals surface area contributed by atoms with Gasteiger partial charge in [0.25, 0.3) is 0 Å². The third-order valence-electron chi connectivity index (χ3n) is 3.14. The highest BCUT2D eigenvalue weighted by molar-refractivity contribution is 4.85. The fourth-order valence-electron chi connectivity index (χ4n) is 2.36. The Morgan fingerprint density at radius 3 is 2.23 bits per heavy atom. The van der Waals surface area contributed by atoms with Crippen LogP contribution in [0.3, 0.4) is 0 Å². The minimum absolute atomic E-state index is 0.561. The topological polar surface area (TPSA) is 3.24 Å². The van der Waals surface area contributed by atoms with Crippen LogP contribution >= 0.6 is 0 Å². The molecule has 1 atom stereocenters. The third-order valence-corrected chi connectivity index (χ3v) is 3.14. The SMILES string of the molecule is CC(C)CC(C)N1CCC(C)(C)C1. The molecule has 0 radical (unpaired) electrons. The van der Waals surface area contributed by atoms with Crippen molar-refractivity contribution in [3.05, 3.63) is 0 Å². The monoisotopic (exact) mass is 183 g/mol. The zero-order valence-corrected chi connectivity index (χ0v) is 9.93. The van der Waals surface area contributed by atoms with E-state index in [1.807, 2.05) is 0 Å². The smallest absolute Gasteiger partial charge is 0.00695 e. The molecule has 1 saturated heterocycles. The number of likely N-dealkylation sites (tertiary alicyclic amines) is 1. The van der Waals surface area contributed by atoms with Crippen LogP contribution in [-0.2, 0) is 0 Å². The van der Waals surface area contributed by atoms with Crippen LogP contribution < -0.4 is 0 Å². The molecule has 1 aliphatic rings. The van der Waals surface area contributed by atoms with Gasteiger partial charge in [0.2, 0.25) is 0 Å². The molecule has 13 heavy (non-hydrogen) atoms. The molecule has 0 bridgehead atoms. The number of hydrogen-bond donors (Lipinski definition) is 0. The Bertz CT molecular complexity index is 161. The summed E-state index contributed by atoms with van der Waals surface area (Å²) in [5.74, 6) is 0.832. The number of hydrogen-bond acceptors (Lipinski definition) is 1. The van der Waals surface area contributed by atoms with Crippen LogP contribution in [0.2, 0.25) is 0 Å². The van der Waals surface area contributed by atoms with Gasteiger partial charge in [0.05, 0.1) is 0 Å². The Morgan fingerprint density at radius 2 is 1.85 bits per heavy atom. The quantitative estimate of drug-likeness (QED) is 0.649. The van der Waals surface area contributed by atoms with Crippen LogP contribution in [-0.4, -0.2) is 24.0 Å². The van der Waals surface area contributed by atoms with Crippen LogP contribution in [0, 0.1) is 11.3 Å². The van der Waals surface area contributed by atoms with Gasteiger partial charge in [-0.1, -0.05) is 27.7 Å². The van der Waals surface area contributed by atoms with Crippen molar-refractivity contribution in [1.29, 1.82) is 0 Å². The van der Waals surface area contributed by atoms with Crippen molar-refractivity contribution >= 4 is 0 Å². The minimum atomic E-state index is 0.561. The molecular formula is C12H25N. The maximum atomic E-state index is 2.65. The average molecular weight is 183 g/mol. The summed E-state index contributed by atoms with van der Waals surface area (Å²) in [6, 6.07) is 0.779. The van der Waals surface area contributed by atoms with Gasteiger partial charge in [0.15, 0.2) is 0 Å². The predicted octanol–water partition coefficient (Wildman–Crippen LogP) is 3.15. The molecule has 1 aliphatic heterocycles. The van der Waals surface area contributed by atoms with Gasteiger partial charge < -0.3 is 4.90 Å². The summed E-state index contributed by atoms with van der Waals surface area (Å²) in [6.45, 7) is 14.4. The van der Waals surface area contributed by atoms with E-state index in [2.05, 4.69) is 39.5 Å². The third kappa shape index (κ3) is 3.30. The van der Waals surface area contributed by atoms with E-state index in [1.165, 1.54) is 25.9 Å². The van der Waals surface area contributed by atoms with Gasteiger partial charge in [0.1, 0.15) is 0 Å². The molecule has 1 unspecified atom stereocenters. The fourth-order valence-corrected chi connectivity index (χ4v) is 2.36. The lowest BCUT2D eigenvalue weighted by Gasteiger charge is -2.27. The van der Waals surface area contributed by atoms with E-state index in [0.29, 0.717) is 5.41 Å². The largest absolute Gasteiger partial charge is 0.300 e. The van der Waals surface area contributed by atoms with Gasteiger partial charge in [-0.2, -0.15) is 0 Å². The van der Waals surface area contributed by atoms with Gasteiger partial charge in [-0.25, -0.2) is 0 Å². The van der Waals surface area contributed by atoms with Crippen LogP contribution in [0.4, 0.5) is 0 Å². The van der Waals surface area contributed by atoms with E-state index in [1.54, 1.807) is 0 Å². The first-order chi connectivity index (χ1) is 5.91. The lowest BCUT2D eigenvalue weighted by molar-refractivity contribution is 0.206. The highest BCUT2D eigenvalue weighted by atomic mass is 15.2.